The summed E-state index contributed by atoms with van der Waals surface area (Å²) in [4.78, 5) is 0. The Hall–Kier alpha value is 0.922. The second-order valence-electron chi connectivity index (χ2n) is 1.39. The number of rotatable bonds is 0. The van der Waals surface area contributed by atoms with E-state index in [9.17, 15) is 0 Å². The second kappa shape index (κ2) is 4.92. The Morgan fingerprint density at radius 1 is 1.40 bits per heavy atom. The SMILES string of the molecule is [CH2]C(C)C.[Cd]. The van der Waals surface area contributed by atoms with Crippen LogP contribution in [0.1, 0.15) is 13.8 Å². The van der Waals surface area contributed by atoms with E-state index in [1.54, 1.807) is 0 Å². The van der Waals surface area contributed by atoms with Gasteiger partial charge in [-0.2, -0.15) is 0 Å². The Bertz CT molecular complexity index is 8.36. The molecule has 0 atom stereocenters. The zero-order valence-corrected chi connectivity index (χ0v) is 8.03. The van der Waals surface area contributed by atoms with Crippen molar-refractivity contribution in [2.24, 2.45) is 5.92 Å². The third-order valence-corrected chi connectivity index (χ3v) is 0. The van der Waals surface area contributed by atoms with E-state index < -0.39 is 0 Å². The number of hydrogen-bond acceptors (Lipinski definition) is 0. The molecule has 0 saturated heterocycles. The van der Waals surface area contributed by atoms with Gasteiger partial charge in [0.2, 0.25) is 0 Å². The van der Waals surface area contributed by atoms with Crippen molar-refractivity contribution in [2.75, 3.05) is 0 Å². The predicted molar refractivity (Wildman–Crippen MR) is 20.2 cm³/mol. The number of hydrogen-bond donors (Lipinski definition) is 0. The molecule has 27 valence electrons. The molecule has 0 amide bonds. The van der Waals surface area contributed by atoms with Gasteiger partial charge in [-0.25, -0.2) is 0 Å². The van der Waals surface area contributed by atoms with Crippen molar-refractivity contribution in [3.8, 4) is 0 Å². The topological polar surface area (TPSA) is 0 Å². The Morgan fingerprint density at radius 2 is 1.40 bits per heavy atom. The molecule has 0 aromatic carbocycles. The summed E-state index contributed by atoms with van der Waals surface area (Å²) in [6, 6.07) is 0. The molecule has 0 bridgehead atoms. The molecular weight excluding hydrogens is 160 g/mol. The molecule has 5 heavy (non-hydrogen) atoms. The van der Waals surface area contributed by atoms with Crippen LogP contribution in [-0.2, 0) is 27.3 Å². The molecule has 0 aliphatic carbocycles. The molecule has 0 aliphatic heterocycles. The first-order chi connectivity index (χ1) is 1.73. The van der Waals surface area contributed by atoms with Gasteiger partial charge in [0, 0.05) is 27.3 Å². The van der Waals surface area contributed by atoms with Crippen LogP contribution in [-0.4, -0.2) is 0 Å². The monoisotopic (exact) mass is 171 g/mol. The minimum Gasteiger partial charge on any atom is -0.0628 e. The Balaban J connectivity index is 0. The summed E-state index contributed by atoms with van der Waals surface area (Å²) in [5.41, 5.74) is 0. The first-order valence-electron chi connectivity index (χ1n) is 1.56. The maximum absolute atomic E-state index is 3.64. The molecule has 0 heterocycles. The van der Waals surface area contributed by atoms with Crippen molar-refractivity contribution in [2.45, 2.75) is 13.8 Å². The van der Waals surface area contributed by atoms with Crippen LogP contribution in [0.15, 0.2) is 0 Å². The maximum Gasteiger partial charge on any atom is 0 e. The van der Waals surface area contributed by atoms with Crippen LogP contribution < -0.4 is 0 Å². The van der Waals surface area contributed by atoms with Gasteiger partial charge in [-0.15, -0.1) is 0 Å². The van der Waals surface area contributed by atoms with Gasteiger partial charge in [-0.3, -0.25) is 0 Å². The molecule has 0 aromatic heterocycles. The average Bonchev–Trinajstić information content (AvgIpc) is 0.811. The average molecular weight is 170 g/mol. The van der Waals surface area contributed by atoms with Crippen LogP contribution in [0.5, 0.6) is 0 Å². The molecule has 0 N–H and O–H groups in total. The normalized spacial score (nSPS) is 7.20. The van der Waals surface area contributed by atoms with Gasteiger partial charge in [0.25, 0.3) is 0 Å². The summed E-state index contributed by atoms with van der Waals surface area (Å²) in [6.07, 6.45) is 0. The smallest absolute Gasteiger partial charge is 0 e. The van der Waals surface area contributed by atoms with Crippen LogP contribution in [0, 0.1) is 12.8 Å². The van der Waals surface area contributed by atoms with Gasteiger partial charge >= 0.3 is 0 Å². The van der Waals surface area contributed by atoms with Gasteiger partial charge in [0.15, 0.2) is 0 Å². The van der Waals surface area contributed by atoms with Crippen LogP contribution in [0.25, 0.3) is 0 Å². The van der Waals surface area contributed by atoms with Crippen molar-refractivity contribution in [1.29, 1.82) is 0 Å². The van der Waals surface area contributed by atoms with Crippen LogP contribution in [0.4, 0.5) is 0 Å². The van der Waals surface area contributed by atoms with Crippen LogP contribution >= 0.6 is 0 Å². The third kappa shape index (κ3) is 49.4. The first-order valence-corrected chi connectivity index (χ1v) is 1.56. The largest absolute Gasteiger partial charge is 0.0628 e. The van der Waals surface area contributed by atoms with E-state index in [2.05, 4.69) is 20.8 Å². The van der Waals surface area contributed by atoms with Gasteiger partial charge in [-0.1, -0.05) is 20.8 Å². The van der Waals surface area contributed by atoms with Gasteiger partial charge in [0.1, 0.15) is 0 Å². The second-order valence-corrected chi connectivity index (χ2v) is 1.39. The molecular formula is C4H9Cd. The minimum atomic E-state index is 0. The van der Waals surface area contributed by atoms with Crippen molar-refractivity contribution in [3.63, 3.8) is 0 Å². The summed E-state index contributed by atoms with van der Waals surface area (Å²) in [6.45, 7) is 7.75. The van der Waals surface area contributed by atoms with Crippen LogP contribution in [0.2, 0.25) is 0 Å². The molecule has 0 spiro atoms. The van der Waals surface area contributed by atoms with Gasteiger partial charge in [0.05, 0.1) is 0 Å². The molecule has 0 aromatic rings. The standard InChI is InChI=1S/C4H9.Cd/c1-4(2)3;/h4H,1H2,2-3H3;. The van der Waals surface area contributed by atoms with Crippen molar-refractivity contribution >= 4 is 0 Å². The van der Waals surface area contributed by atoms with E-state index in [1.165, 1.54) is 0 Å². The van der Waals surface area contributed by atoms with Crippen molar-refractivity contribution < 1.29 is 27.3 Å². The van der Waals surface area contributed by atoms with E-state index in [4.69, 9.17) is 0 Å². The minimum absolute atomic E-state index is 0. The van der Waals surface area contributed by atoms with E-state index in [0.29, 0.717) is 5.92 Å². The molecule has 0 aliphatic rings. The van der Waals surface area contributed by atoms with Gasteiger partial charge in [-0.05, 0) is 5.92 Å². The molecule has 0 saturated carbocycles. The van der Waals surface area contributed by atoms with E-state index in [0.717, 1.165) is 0 Å². The van der Waals surface area contributed by atoms with E-state index in [-0.39, 0.29) is 27.3 Å². The molecule has 0 unspecified atom stereocenters. The summed E-state index contributed by atoms with van der Waals surface area (Å²) in [5.74, 6) is 0.583. The molecule has 0 rings (SSSR count). The zero-order valence-electron chi connectivity index (χ0n) is 3.99. The van der Waals surface area contributed by atoms with Crippen LogP contribution in [0.3, 0.4) is 0 Å². The molecule has 0 nitrogen and oxygen atoms in total. The Morgan fingerprint density at radius 3 is 1.40 bits per heavy atom. The van der Waals surface area contributed by atoms with Crippen molar-refractivity contribution in [1.82, 2.24) is 0 Å². The molecule has 1 radical (unpaired) electrons. The van der Waals surface area contributed by atoms with Gasteiger partial charge < -0.3 is 0 Å². The molecule has 0 fully saturated rings. The summed E-state index contributed by atoms with van der Waals surface area (Å²) >= 11 is 0. The Kier molecular flexibility index (Phi) is 9.18. The fourth-order valence-corrected chi connectivity index (χ4v) is 0. The van der Waals surface area contributed by atoms with E-state index in [1.807, 2.05) is 0 Å². The summed E-state index contributed by atoms with van der Waals surface area (Å²) in [7, 11) is 0. The maximum atomic E-state index is 3.64. The fourth-order valence-electron chi connectivity index (χ4n) is 0. The quantitative estimate of drug-likeness (QED) is 0.482. The van der Waals surface area contributed by atoms with E-state index >= 15 is 0 Å². The summed E-state index contributed by atoms with van der Waals surface area (Å²) in [5, 5.41) is 0. The Labute approximate surface area is 54.1 Å². The fraction of sp³-hybridized carbons (Fsp3) is 0.750. The summed E-state index contributed by atoms with van der Waals surface area (Å²) < 4.78 is 0. The molecule has 1 heteroatoms. The third-order valence-electron chi connectivity index (χ3n) is 0. The predicted octanol–water partition coefficient (Wildman–Crippen LogP) is 1.47. The zero-order chi connectivity index (χ0) is 3.58. The first kappa shape index (κ1) is 9.33. The van der Waals surface area contributed by atoms with Crippen molar-refractivity contribution in [3.05, 3.63) is 6.92 Å².